The summed E-state index contributed by atoms with van der Waals surface area (Å²) in [6.07, 6.45) is 6.04. The van der Waals surface area contributed by atoms with Gasteiger partial charge in [-0.3, -0.25) is 9.20 Å². The van der Waals surface area contributed by atoms with Crippen LogP contribution in [0.1, 0.15) is 46.2 Å². The first-order chi connectivity index (χ1) is 13.1. The molecule has 6 nitrogen and oxygen atoms in total. The normalized spacial score (nSPS) is 15.6. The van der Waals surface area contributed by atoms with E-state index in [9.17, 15) is 4.79 Å². The number of nitrogens with zero attached hydrogens (tertiary/aromatic N) is 3. The molecule has 2 aromatic rings. The van der Waals surface area contributed by atoms with Crippen molar-refractivity contribution in [3.8, 4) is 0 Å². The number of carbonyl (C=O) groups excluding carboxylic acids is 1. The van der Waals surface area contributed by atoms with Gasteiger partial charge in [-0.1, -0.05) is 18.2 Å². The lowest BCUT2D eigenvalue weighted by Gasteiger charge is -2.30. The molecular formula is C21H31ClN4O2. The Bertz CT molecular complexity index is 818. The first kappa shape index (κ1) is 22.2. The van der Waals surface area contributed by atoms with Crippen molar-refractivity contribution < 1.29 is 9.53 Å². The van der Waals surface area contributed by atoms with Crippen molar-refractivity contribution in [1.82, 2.24) is 14.3 Å². The Hall–Kier alpha value is -2.05. The molecule has 2 aromatic heterocycles. The molecule has 1 N–H and O–H groups in total. The number of pyridine rings is 1. The van der Waals surface area contributed by atoms with Gasteiger partial charge in [0.25, 0.3) is 6.47 Å². The molecule has 0 radical (unpaired) electrons. The van der Waals surface area contributed by atoms with Gasteiger partial charge in [0, 0.05) is 12.2 Å². The third-order valence-electron chi connectivity index (χ3n) is 4.49. The van der Waals surface area contributed by atoms with Crippen LogP contribution in [0.25, 0.3) is 11.2 Å². The lowest BCUT2D eigenvalue weighted by molar-refractivity contribution is -0.138. The summed E-state index contributed by atoms with van der Waals surface area (Å²) in [6.45, 7) is 14.2. The zero-order chi connectivity index (χ0) is 20.9. The molecule has 3 heterocycles. The van der Waals surface area contributed by atoms with Gasteiger partial charge in [-0.05, 0) is 72.3 Å². The summed E-state index contributed by atoms with van der Waals surface area (Å²) in [7, 11) is 2.17. The highest BCUT2D eigenvalue weighted by atomic mass is 35.5. The van der Waals surface area contributed by atoms with Crippen molar-refractivity contribution in [1.29, 1.82) is 0 Å². The molecular weight excluding hydrogens is 376 g/mol. The van der Waals surface area contributed by atoms with E-state index in [1.165, 1.54) is 0 Å². The zero-order valence-electron chi connectivity index (χ0n) is 17.5. The van der Waals surface area contributed by atoms with Crippen LogP contribution >= 0.6 is 11.6 Å². The molecule has 0 aromatic carbocycles. The van der Waals surface area contributed by atoms with E-state index in [1.54, 1.807) is 0 Å². The SMILES string of the molecule is C=C(C)c1cnc2c(NC3CCN(C)CC3)cc(Cl)cn12.CC(C)(C)OC=O. The van der Waals surface area contributed by atoms with E-state index in [1.807, 2.05) is 50.6 Å². The highest BCUT2D eigenvalue weighted by molar-refractivity contribution is 6.30. The maximum absolute atomic E-state index is 9.60. The molecule has 154 valence electrons. The van der Waals surface area contributed by atoms with Crippen LogP contribution in [0.2, 0.25) is 5.02 Å². The third-order valence-corrected chi connectivity index (χ3v) is 4.70. The van der Waals surface area contributed by atoms with E-state index >= 15 is 0 Å². The monoisotopic (exact) mass is 406 g/mol. The molecule has 1 aliphatic heterocycles. The molecule has 1 fully saturated rings. The van der Waals surface area contributed by atoms with Gasteiger partial charge in [0.05, 0.1) is 22.6 Å². The van der Waals surface area contributed by atoms with E-state index in [0.29, 0.717) is 17.5 Å². The molecule has 3 rings (SSSR count). The maximum atomic E-state index is 9.60. The average Bonchev–Trinajstić information content (AvgIpc) is 3.00. The van der Waals surface area contributed by atoms with Crippen LogP contribution < -0.4 is 5.32 Å². The second kappa shape index (κ2) is 9.43. The van der Waals surface area contributed by atoms with Crippen LogP contribution in [0.15, 0.2) is 25.0 Å². The maximum Gasteiger partial charge on any atom is 0.293 e. The number of allylic oxidation sites excluding steroid dienone is 1. The van der Waals surface area contributed by atoms with E-state index < -0.39 is 0 Å². The van der Waals surface area contributed by atoms with Gasteiger partial charge in [-0.2, -0.15) is 0 Å². The fourth-order valence-corrected chi connectivity index (χ4v) is 3.20. The van der Waals surface area contributed by atoms with E-state index in [4.69, 9.17) is 11.6 Å². The zero-order valence-corrected chi connectivity index (χ0v) is 18.2. The van der Waals surface area contributed by atoms with Crippen LogP contribution in [0.4, 0.5) is 5.69 Å². The Morgan fingerprint density at radius 2 is 2.04 bits per heavy atom. The Kier molecular flexibility index (Phi) is 7.49. The number of likely N-dealkylation sites (tertiary alicyclic amines) is 1. The van der Waals surface area contributed by atoms with Crippen molar-refractivity contribution in [2.45, 2.75) is 52.2 Å². The first-order valence-electron chi connectivity index (χ1n) is 9.49. The lowest BCUT2D eigenvalue weighted by atomic mass is 10.1. The summed E-state index contributed by atoms with van der Waals surface area (Å²) < 4.78 is 6.56. The van der Waals surface area contributed by atoms with Gasteiger partial charge >= 0.3 is 0 Å². The Morgan fingerprint density at radius 3 is 2.54 bits per heavy atom. The van der Waals surface area contributed by atoms with Gasteiger partial charge in [-0.15, -0.1) is 0 Å². The fourth-order valence-electron chi connectivity index (χ4n) is 2.99. The van der Waals surface area contributed by atoms with Crippen molar-refractivity contribution in [3.05, 3.63) is 35.8 Å². The number of anilines is 1. The Labute approximate surface area is 172 Å². The number of hydrogen-bond acceptors (Lipinski definition) is 5. The summed E-state index contributed by atoms with van der Waals surface area (Å²) in [4.78, 5) is 16.5. The van der Waals surface area contributed by atoms with Crippen LogP contribution in [-0.2, 0) is 9.53 Å². The molecule has 1 aliphatic rings. The highest BCUT2D eigenvalue weighted by Crippen LogP contribution is 2.26. The Morgan fingerprint density at radius 1 is 1.39 bits per heavy atom. The number of carbonyl (C=O) groups is 1. The molecule has 0 saturated carbocycles. The van der Waals surface area contributed by atoms with Gasteiger partial charge in [-0.25, -0.2) is 4.98 Å². The van der Waals surface area contributed by atoms with Crippen molar-refractivity contribution in [2.75, 3.05) is 25.5 Å². The second-order valence-corrected chi connectivity index (χ2v) is 8.67. The molecule has 0 spiro atoms. The summed E-state index contributed by atoms with van der Waals surface area (Å²) in [5.74, 6) is 0. The minimum absolute atomic E-state index is 0.318. The minimum Gasteiger partial charge on any atom is -0.462 e. The number of fused-ring (bicyclic) bond motifs is 1. The molecule has 0 atom stereocenters. The predicted octanol–water partition coefficient (Wildman–Crippen LogP) is 4.48. The number of aromatic nitrogens is 2. The number of rotatable bonds is 4. The third kappa shape index (κ3) is 6.24. The van der Waals surface area contributed by atoms with Crippen molar-refractivity contribution >= 4 is 35.0 Å². The topological polar surface area (TPSA) is 58.9 Å². The summed E-state index contributed by atoms with van der Waals surface area (Å²) >= 11 is 6.27. The van der Waals surface area contributed by atoms with Gasteiger partial charge in [0.1, 0.15) is 5.60 Å². The molecule has 1 saturated heterocycles. The van der Waals surface area contributed by atoms with E-state index in [2.05, 4.69) is 33.6 Å². The molecule has 0 aliphatic carbocycles. The number of ether oxygens (including phenoxy) is 1. The molecule has 28 heavy (non-hydrogen) atoms. The standard InChI is InChI=1S/C16H21ClN4.C5H10O2/c1-11(2)15-9-18-16-14(8-12(17)10-21(15)16)19-13-4-6-20(3)7-5-13;1-5(2,3)7-4-6/h8-10,13,19H,1,4-7H2,2-3H3;4H,1-3H3. The summed E-state index contributed by atoms with van der Waals surface area (Å²) in [5.41, 5.74) is 3.58. The van der Waals surface area contributed by atoms with Crippen LogP contribution in [-0.4, -0.2) is 52.5 Å². The fraction of sp³-hybridized carbons (Fsp3) is 0.524. The highest BCUT2D eigenvalue weighted by Gasteiger charge is 2.18. The number of nitrogens with one attached hydrogen (secondary N) is 1. The Balaban J connectivity index is 0.000000345. The lowest BCUT2D eigenvalue weighted by Crippen LogP contribution is -2.36. The smallest absolute Gasteiger partial charge is 0.293 e. The quantitative estimate of drug-likeness (QED) is 0.758. The number of piperidine rings is 1. The first-order valence-corrected chi connectivity index (χ1v) is 9.87. The van der Waals surface area contributed by atoms with E-state index in [-0.39, 0.29) is 5.60 Å². The van der Waals surface area contributed by atoms with Crippen LogP contribution in [0.3, 0.4) is 0 Å². The van der Waals surface area contributed by atoms with Crippen molar-refractivity contribution in [3.63, 3.8) is 0 Å². The number of imidazole rings is 1. The van der Waals surface area contributed by atoms with Gasteiger partial charge in [0.15, 0.2) is 5.65 Å². The molecule has 7 heteroatoms. The second-order valence-electron chi connectivity index (χ2n) is 8.24. The minimum atomic E-state index is -0.318. The summed E-state index contributed by atoms with van der Waals surface area (Å²) in [5, 5.41) is 4.32. The number of halogens is 1. The van der Waals surface area contributed by atoms with Gasteiger partial charge < -0.3 is 15.0 Å². The predicted molar refractivity (Wildman–Crippen MR) is 116 cm³/mol. The molecule has 0 amide bonds. The van der Waals surface area contributed by atoms with E-state index in [0.717, 1.165) is 48.5 Å². The largest absolute Gasteiger partial charge is 0.462 e. The molecule has 0 bridgehead atoms. The number of hydrogen-bond donors (Lipinski definition) is 1. The summed E-state index contributed by atoms with van der Waals surface area (Å²) in [6, 6.07) is 2.44. The van der Waals surface area contributed by atoms with Crippen molar-refractivity contribution in [2.24, 2.45) is 0 Å². The van der Waals surface area contributed by atoms with Crippen LogP contribution in [0, 0.1) is 0 Å². The van der Waals surface area contributed by atoms with Gasteiger partial charge in [0.2, 0.25) is 0 Å². The van der Waals surface area contributed by atoms with Crippen LogP contribution in [0.5, 0.6) is 0 Å². The average molecular weight is 407 g/mol. The molecule has 0 unspecified atom stereocenters.